The summed E-state index contributed by atoms with van der Waals surface area (Å²) in [6.45, 7) is 7.72. The maximum absolute atomic E-state index is 13.0. The van der Waals surface area contributed by atoms with Crippen molar-refractivity contribution < 1.29 is 14.3 Å². The highest BCUT2D eigenvalue weighted by Gasteiger charge is 2.24. The highest BCUT2D eigenvalue weighted by molar-refractivity contribution is 6.40. The maximum Gasteiger partial charge on any atom is 0.413 e. The smallest absolute Gasteiger partial charge is 0.413 e. The Morgan fingerprint density at radius 1 is 1.09 bits per heavy atom. The van der Waals surface area contributed by atoms with Gasteiger partial charge in [-0.3, -0.25) is 15.1 Å². The molecule has 2 aromatic heterocycles. The Hall–Kier alpha value is -5.10. The summed E-state index contributed by atoms with van der Waals surface area (Å²) in [6, 6.07) is 17.0. The van der Waals surface area contributed by atoms with Crippen molar-refractivity contribution in [3.05, 3.63) is 71.9 Å². The van der Waals surface area contributed by atoms with Gasteiger partial charge in [-0.15, -0.1) is 0 Å². The second kappa shape index (κ2) is 12.6. The van der Waals surface area contributed by atoms with Crippen LogP contribution in [0.5, 0.6) is 0 Å². The molecular formula is C32H35N9O3. The molecule has 0 radical (unpaired) electrons. The van der Waals surface area contributed by atoms with Crippen LogP contribution in [-0.4, -0.2) is 83.7 Å². The van der Waals surface area contributed by atoms with Gasteiger partial charge < -0.3 is 24.8 Å². The van der Waals surface area contributed by atoms with Gasteiger partial charge in [-0.2, -0.15) is 0 Å². The van der Waals surface area contributed by atoms with E-state index in [4.69, 9.17) is 9.72 Å². The number of imidazole rings is 1. The Morgan fingerprint density at radius 2 is 1.89 bits per heavy atom. The normalized spacial score (nSPS) is 17.4. The summed E-state index contributed by atoms with van der Waals surface area (Å²) in [6.07, 6.45) is 2.86. The highest BCUT2D eigenvalue weighted by Crippen LogP contribution is 2.34. The van der Waals surface area contributed by atoms with E-state index in [2.05, 4.69) is 53.5 Å². The lowest BCUT2D eigenvalue weighted by Gasteiger charge is -2.34. The zero-order chi connectivity index (χ0) is 30.6. The lowest BCUT2D eigenvalue weighted by atomic mass is 10.0. The summed E-state index contributed by atoms with van der Waals surface area (Å²) >= 11 is 0. The summed E-state index contributed by atoms with van der Waals surface area (Å²) in [5.74, 6) is 0.0277. The third-order valence-electron chi connectivity index (χ3n) is 7.78. The average molecular weight is 594 g/mol. The first-order valence-corrected chi connectivity index (χ1v) is 14.7. The zero-order valence-corrected chi connectivity index (χ0v) is 24.9. The fourth-order valence-electron chi connectivity index (χ4n) is 5.36. The molecule has 2 aliphatic rings. The van der Waals surface area contributed by atoms with Crippen LogP contribution < -0.4 is 15.5 Å². The van der Waals surface area contributed by atoms with Gasteiger partial charge >= 0.3 is 6.09 Å². The van der Waals surface area contributed by atoms with Crippen molar-refractivity contribution in [3.63, 3.8) is 0 Å². The van der Waals surface area contributed by atoms with Gasteiger partial charge in [-0.05, 0) is 56.3 Å². The van der Waals surface area contributed by atoms with Crippen molar-refractivity contribution in [3.8, 4) is 11.3 Å². The first-order chi connectivity index (χ1) is 21.4. The number of aliphatic imine (C=N–C) groups is 2. The summed E-state index contributed by atoms with van der Waals surface area (Å²) < 4.78 is 5.04. The van der Waals surface area contributed by atoms with Gasteiger partial charge in [0.2, 0.25) is 11.8 Å². The van der Waals surface area contributed by atoms with Gasteiger partial charge in [-0.1, -0.05) is 30.3 Å². The van der Waals surface area contributed by atoms with Crippen LogP contribution in [0.15, 0.2) is 70.8 Å². The van der Waals surface area contributed by atoms with E-state index in [0.29, 0.717) is 11.0 Å². The summed E-state index contributed by atoms with van der Waals surface area (Å²) in [5.41, 5.74) is 5.68. The minimum Gasteiger partial charge on any atom is -0.450 e. The summed E-state index contributed by atoms with van der Waals surface area (Å²) in [5, 5.41) is 5.63. The number of aromatic nitrogens is 3. The van der Waals surface area contributed by atoms with Gasteiger partial charge in [0, 0.05) is 49.8 Å². The topological polar surface area (TPSA) is 140 Å². The first kappa shape index (κ1) is 29.0. The van der Waals surface area contributed by atoms with Crippen molar-refractivity contribution in [2.45, 2.75) is 25.9 Å². The van der Waals surface area contributed by atoms with E-state index < -0.39 is 12.1 Å². The quantitative estimate of drug-likeness (QED) is 0.276. The standard InChI is InChI=1S/C32H35N9O3/c1-4-44-32(43)39-31-37-26-17-22(27-19-34-29(36-27)30(42)35-20(2)21-8-6-5-7-9-21)16-24(28(26)38-31)25-18-23(10-11-33-25)41-14-12-40(3)13-15-41/h5-11,16-20,27H,4,12-15H2,1-3H3,(H,35,42)(H2,37,38,39,43)/t20-,27?/m0/s1. The average Bonchev–Trinajstić information content (AvgIpc) is 3.69. The number of hydrogen-bond donors (Lipinski definition) is 3. The lowest BCUT2D eigenvalue weighted by molar-refractivity contribution is -0.115. The molecule has 1 unspecified atom stereocenters. The third-order valence-corrected chi connectivity index (χ3v) is 7.78. The Labute approximate surface area is 255 Å². The van der Waals surface area contributed by atoms with Gasteiger partial charge in [-0.25, -0.2) is 19.8 Å². The monoisotopic (exact) mass is 593 g/mol. The SMILES string of the molecule is CCOC(=O)Nc1nc2c(-c3cc(N4CCN(C)CC4)ccn3)cc(C3C=NC(C(=O)N[C@@H](C)c4ccccc4)=N3)cc2[nH]1. The second-order valence-electron chi connectivity index (χ2n) is 10.9. The van der Waals surface area contributed by atoms with Gasteiger partial charge in [0.25, 0.3) is 5.91 Å². The van der Waals surface area contributed by atoms with Crippen LogP contribution in [0.25, 0.3) is 22.3 Å². The molecule has 6 rings (SSSR count). The number of nitrogens with zero attached hydrogens (tertiary/aromatic N) is 6. The largest absolute Gasteiger partial charge is 0.450 e. The number of pyridine rings is 1. The minimum absolute atomic E-state index is 0.115. The Kier molecular flexibility index (Phi) is 8.33. The second-order valence-corrected chi connectivity index (χ2v) is 10.9. The van der Waals surface area contributed by atoms with Crippen molar-refractivity contribution in [2.75, 3.05) is 50.1 Å². The van der Waals surface area contributed by atoms with Gasteiger partial charge in [0.15, 0.2) is 0 Å². The molecule has 44 heavy (non-hydrogen) atoms. The molecule has 2 atom stereocenters. The number of benzene rings is 2. The van der Waals surface area contributed by atoms with Crippen molar-refractivity contribution in [1.29, 1.82) is 0 Å². The number of H-pyrrole nitrogens is 1. The first-order valence-electron chi connectivity index (χ1n) is 14.7. The number of amides is 2. The number of anilines is 2. The third kappa shape index (κ3) is 6.30. The van der Waals surface area contributed by atoms with Crippen molar-refractivity contribution in [2.24, 2.45) is 9.98 Å². The fourth-order valence-corrected chi connectivity index (χ4v) is 5.36. The van der Waals surface area contributed by atoms with E-state index in [1.54, 1.807) is 19.3 Å². The summed E-state index contributed by atoms with van der Waals surface area (Å²) in [7, 11) is 2.13. The molecule has 12 nitrogen and oxygen atoms in total. The van der Waals surface area contributed by atoms with E-state index >= 15 is 0 Å². The Morgan fingerprint density at radius 3 is 2.66 bits per heavy atom. The van der Waals surface area contributed by atoms with Crippen LogP contribution in [0.1, 0.15) is 37.1 Å². The number of carbonyl (C=O) groups is 2. The molecule has 0 aliphatic carbocycles. The number of amidine groups is 1. The van der Waals surface area contributed by atoms with Gasteiger partial charge in [0.1, 0.15) is 6.04 Å². The van der Waals surface area contributed by atoms with Crippen LogP contribution in [0.3, 0.4) is 0 Å². The van der Waals surface area contributed by atoms with E-state index in [9.17, 15) is 9.59 Å². The van der Waals surface area contributed by atoms with Crippen LogP contribution in [0.2, 0.25) is 0 Å². The molecule has 1 saturated heterocycles. The number of piperazine rings is 1. The molecule has 2 aliphatic heterocycles. The molecule has 2 aromatic carbocycles. The molecule has 2 amide bonds. The van der Waals surface area contributed by atoms with Crippen molar-refractivity contribution in [1.82, 2.24) is 25.2 Å². The number of rotatable bonds is 8. The molecule has 4 heterocycles. The molecule has 4 aromatic rings. The van der Waals surface area contributed by atoms with Crippen molar-refractivity contribution >= 4 is 46.7 Å². The number of ether oxygens (including phenoxy) is 1. The molecule has 0 saturated carbocycles. The number of carbonyl (C=O) groups excluding carboxylic acids is 2. The molecule has 1 fully saturated rings. The molecule has 0 bridgehead atoms. The highest BCUT2D eigenvalue weighted by atomic mass is 16.5. The lowest BCUT2D eigenvalue weighted by Crippen LogP contribution is -2.44. The van der Waals surface area contributed by atoms with Gasteiger partial charge in [0.05, 0.1) is 29.4 Å². The predicted octanol–water partition coefficient (Wildman–Crippen LogP) is 4.35. The number of fused-ring (bicyclic) bond motifs is 1. The minimum atomic E-state index is -0.601. The number of aromatic amines is 1. The van der Waals surface area contributed by atoms with Crippen LogP contribution in [0.4, 0.5) is 16.4 Å². The summed E-state index contributed by atoms with van der Waals surface area (Å²) in [4.78, 5) is 51.4. The molecule has 226 valence electrons. The molecule has 3 N–H and O–H groups in total. The molecular weight excluding hydrogens is 558 g/mol. The van der Waals surface area contributed by atoms with E-state index in [1.165, 1.54) is 0 Å². The fraction of sp³-hybridized carbons (Fsp3) is 0.312. The predicted molar refractivity (Wildman–Crippen MR) is 171 cm³/mol. The van der Waals surface area contributed by atoms with E-state index in [1.807, 2.05) is 55.5 Å². The van der Waals surface area contributed by atoms with E-state index in [-0.39, 0.29) is 30.3 Å². The number of likely N-dealkylation sites (N-methyl/N-ethyl adjacent to an activating group) is 1. The van der Waals surface area contributed by atoms with E-state index in [0.717, 1.165) is 54.3 Å². The zero-order valence-electron chi connectivity index (χ0n) is 24.9. The Balaban J connectivity index is 1.32. The van der Waals surface area contributed by atoms with Crippen LogP contribution in [0, 0.1) is 0 Å². The van der Waals surface area contributed by atoms with Crippen LogP contribution in [-0.2, 0) is 9.53 Å². The number of hydrogen-bond acceptors (Lipinski definition) is 9. The number of nitrogens with one attached hydrogen (secondary N) is 3. The van der Waals surface area contributed by atoms with Crippen LogP contribution >= 0.6 is 0 Å². The molecule has 0 spiro atoms. The molecule has 12 heteroatoms. The maximum atomic E-state index is 13.0. The Bertz CT molecular complexity index is 1730.